The zero-order chi connectivity index (χ0) is 21.4. The lowest BCUT2D eigenvalue weighted by molar-refractivity contribution is 0.300. The summed E-state index contributed by atoms with van der Waals surface area (Å²) in [6, 6.07) is 10.7. The Balaban J connectivity index is 1.85. The average molecular weight is 478 g/mol. The Labute approximate surface area is 192 Å². The predicted molar refractivity (Wildman–Crippen MR) is 135 cm³/mol. The average Bonchev–Trinajstić information content (AvgIpc) is 2.76. The highest BCUT2D eigenvalue weighted by Gasteiger charge is 2.11. The van der Waals surface area contributed by atoms with Gasteiger partial charge in [0, 0.05) is 16.1 Å². The lowest BCUT2D eigenvalue weighted by Gasteiger charge is -2.16. The highest BCUT2D eigenvalue weighted by molar-refractivity contribution is 9.09. The quantitative estimate of drug-likeness (QED) is 0.167. The first kappa shape index (κ1) is 25.0. The van der Waals surface area contributed by atoms with E-state index in [1.165, 1.54) is 80.5 Å². The summed E-state index contributed by atoms with van der Waals surface area (Å²) in [5, 5.41) is 3.47. The number of alkyl halides is 1. The summed E-state index contributed by atoms with van der Waals surface area (Å²) in [7, 11) is 0. The third kappa shape index (κ3) is 8.88. The van der Waals surface area contributed by atoms with Crippen molar-refractivity contribution in [2.45, 2.75) is 90.9 Å². The molecule has 0 saturated heterocycles. The predicted octanol–water partition coefficient (Wildman–Crippen LogP) is 9.00. The van der Waals surface area contributed by atoms with Crippen molar-refractivity contribution in [3.63, 3.8) is 0 Å². The molecule has 2 rings (SSSR count). The number of hydrogen-bond donors (Lipinski definition) is 0. The molecule has 0 atom stereocenters. The van der Waals surface area contributed by atoms with E-state index in [-0.39, 0.29) is 0 Å². The van der Waals surface area contributed by atoms with Crippen LogP contribution in [0.5, 0.6) is 11.5 Å². The number of hydrogen-bond acceptors (Lipinski definition) is 2. The number of fused-ring (bicyclic) bond motifs is 1. The van der Waals surface area contributed by atoms with Gasteiger partial charge in [0.1, 0.15) is 11.5 Å². The van der Waals surface area contributed by atoms with E-state index in [0.717, 1.165) is 42.9 Å². The van der Waals surface area contributed by atoms with Crippen LogP contribution in [0.25, 0.3) is 10.8 Å². The first-order valence-electron chi connectivity index (χ1n) is 12.1. The third-order valence-electron chi connectivity index (χ3n) is 5.67. The molecule has 2 aromatic carbocycles. The van der Waals surface area contributed by atoms with Crippen LogP contribution in [0.2, 0.25) is 0 Å². The maximum absolute atomic E-state index is 6.24. The van der Waals surface area contributed by atoms with Gasteiger partial charge in [0.05, 0.1) is 13.2 Å². The number of benzene rings is 2. The van der Waals surface area contributed by atoms with E-state index in [0.29, 0.717) is 0 Å². The minimum atomic E-state index is 0.792. The number of rotatable bonds is 17. The molecule has 30 heavy (non-hydrogen) atoms. The second-order valence-electron chi connectivity index (χ2n) is 8.34. The molecular formula is C27H41BrO2. The standard InChI is InChI=1S/C27H41BrO2/c1-3-4-5-6-10-16-21-30-27-23(2)22-26(24-17-12-13-18-25(24)27)29-20-15-11-8-7-9-14-19-28/h12-13,17-18,22H,3-11,14-16,19-21H2,1-2H3. The van der Waals surface area contributed by atoms with Crippen LogP contribution in [-0.4, -0.2) is 18.5 Å². The van der Waals surface area contributed by atoms with Crippen molar-refractivity contribution in [1.82, 2.24) is 0 Å². The molecule has 0 amide bonds. The zero-order valence-electron chi connectivity index (χ0n) is 19.2. The maximum atomic E-state index is 6.24. The molecule has 0 saturated carbocycles. The van der Waals surface area contributed by atoms with Crippen molar-refractivity contribution in [2.75, 3.05) is 18.5 Å². The molecule has 0 unspecified atom stereocenters. The van der Waals surface area contributed by atoms with Gasteiger partial charge in [0.15, 0.2) is 0 Å². The third-order valence-corrected chi connectivity index (χ3v) is 6.23. The van der Waals surface area contributed by atoms with Gasteiger partial charge in [-0.1, -0.05) is 105 Å². The van der Waals surface area contributed by atoms with E-state index in [1.807, 2.05) is 0 Å². The molecule has 0 N–H and O–H groups in total. The minimum Gasteiger partial charge on any atom is -0.493 e. The summed E-state index contributed by atoms with van der Waals surface area (Å²) in [6.45, 7) is 5.99. The number of aryl methyl sites for hydroxylation is 1. The van der Waals surface area contributed by atoms with Crippen LogP contribution in [-0.2, 0) is 0 Å². The number of ether oxygens (including phenoxy) is 2. The van der Waals surface area contributed by atoms with E-state index >= 15 is 0 Å². The molecule has 168 valence electrons. The van der Waals surface area contributed by atoms with E-state index in [2.05, 4.69) is 60.1 Å². The summed E-state index contributed by atoms with van der Waals surface area (Å²) >= 11 is 3.50. The lowest BCUT2D eigenvalue weighted by Crippen LogP contribution is -2.02. The highest BCUT2D eigenvalue weighted by atomic mass is 79.9. The van der Waals surface area contributed by atoms with Crippen molar-refractivity contribution >= 4 is 26.7 Å². The molecule has 2 aromatic rings. The van der Waals surface area contributed by atoms with Crippen LogP contribution >= 0.6 is 15.9 Å². The first-order chi connectivity index (χ1) is 14.8. The van der Waals surface area contributed by atoms with Crippen molar-refractivity contribution < 1.29 is 9.47 Å². The minimum absolute atomic E-state index is 0.792. The second kappa shape index (κ2) is 15.6. The molecule has 0 spiro atoms. The van der Waals surface area contributed by atoms with Gasteiger partial charge in [-0.05, 0) is 37.8 Å². The van der Waals surface area contributed by atoms with Crippen LogP contribution in [0.4, 0.5) is 0 Å². The summed E-state index contributed by atoms with van der Waals surface area (Å²) in [5.41, 5.74) is 1.17. The first-order valence-corrected chi connectivity index (χ1v) is 13.2. The molecule has 0 aliphatic carbocycles. The van der Waals surface area contributed by atoms with Gasteiger partial charge in [0.25, 0.3) is 0 Å². The van der Waals surface area contributed by atoms with Gasteiger partial charge >= 0.3 is 0 Å². The molecular weight excluding hydrogens is 436 g/mol. The van der Waals surface area contributed by atoms with E-state index in [4.69, 9.17) is 9.47 Å². The molecule has 0 fully saturated rings. The number of halogens is 1. The molecule has 0 aliphatic heterocycles. The van der Waals surface area contributed by atoms with Gasteiger partial charge in [-0.3, -0.25) is 0 Å². The van der Waals surface area contributed by atoms with Crippen LogP contribution in [0.3, 0.4) is 0 Å². The Bertz CT molecular complexity index is 713. The molecule has 0 aromatic heterocycles. The Morgan fingerprint density at radius 1 is 0.700 bits per heavy atom. The molecule has 0 bridgehead atoms. The fraction of sp³-hybridized carbons (Fsp3) is 0.630. The smallest absolute Gasteiger partial charge is 0.130 e. The van der Waals surface area contributed by atoms with Crippen LogP contribution < -0.4 is 9.47 Å². The monoisotopic (exact) mass is 476 g/mol. The summed E-state index contributed by atoms with van der Waals surface area (Å²) in [6.07, 6.45) is 15.3. The Hall–Kier alpha value is -1.22. The zero-order valence-corrected chi connectivity index (χ0v) is 20.8. The molecule has 3 heteroatoms. The summed E-state index contributed by atoms with van der Waals surface area (Å²) in [5.74, 6) is 2.02. The van der Waals surface area contributed by atoms with E-state index in [1.54, 1.807) is 0 Å². The van der Waals surface area contributed by atoms with Gasteiger partial charge < -0.3 is 9.47 Å². The van der Waals surface area contributed by atoms with E-state index < -0.39 is 0 Å². The van der Waals surface area contributed by atoms with Gasteiger partial charge in [-0.15, -0.1) is 0 Å². The largest absolute Gasteiger partial charge is 0.493 e. The molecule has 0 aliphatic rings. The van der Waals surface area contributed by atoms with Crippen LogP contribution in [0.1, 0.15) is 89.5 Å². The summed E-state index contributed by atoms with van der Waals surface area (Å²) in [4.78, 5) is 0. The SMILES string of the molecule is CCCCCCCCOc1c(C)cc(OCCCCCCCCBr)c2ccccc12. The van der Waals surface area contributed by atoms with Crippen LogP contribution in [0, 0.1) is 6.92 Å². The van der Waals surface area contributed by atoms with Crippen molar-refractivity contribution in [3.05, 3.63) is 35.9 Å². The Kier molecular flexibility index (Phi) is 13.0. The Morgan fingerprint density at radius 3 is 1.93 bits per heavy atom. The molecule has 2 nitrogen and oxygen atoms in total. The fourth-order valence-corrected chi connectivity index (χ4v) is 4.30. The maximum Gasteiger partial charge on any atom is 0.130 e. The summed E-state index contributed by atoms with van der Waals surface area (Å²) < 4.78 is 12.4. The van der Waals surface area contributed by atoms with Crippen LogP contribution in [0.15, 0.2) is 30.3 Å². The topological polar surface area (TPSA) is 18.5 Å². The van der Waals surface area contributed by atoms with Crippen molar-refractivity contribution in [1.29, 1.82) is 0 Å². The molecule has 0 radical (unpaired) electrons. The second-order valence-corrected chi connectivity index (χ2v) is 9.13. The number of unbranched alkanes of at least 4 members (excludes halogenated alkanes) is 10. The highest BCUT2D eigenvalue weighted by Crippen LogP contribution is 2.36. The fourth-order valence-electron chi connectivity index (χ4n) is 3.90. The van der Waals surface area contributed by atoms with Gasteiger partial charge in [-0.2, -0.15) is 0 Å². The van der Waals surface area contributed by atoms with Crippen molar-refractivity contribution in [3.8, 4) is 11.5 Å². The van der Waals surface area contributed by atoms with Gasteiger partial charge in [-0.25, -0.2) is 0 Å². The van der Waals surface area contributed by atoms with Gasteiger partial charge in [0.2, 0.25) is 0 Å². The van der Waals surface area contributed by atoms with E-state index in [9.17, 15) is 0 Å². The molecule has 0 heterocycles. The Morgan fingerprint density at radius 2 is 1.27 bits per heavy atom. The lowest BCUT2D eigenvalue weighted by atomic mass is 10.0. The van der Waals surface area contributed by atoms with Crippen molar-refractivity contribution in [2.24, 2.45) is 0 Å². The normalized spacial score (nSPS) is 11.2.